The average Bonchev–Trinajstić information content (AvgIpc) is 2.22. The van der Waals surface area contributed by atoms with E-state index < -0.39 is 0 Å². The highest BCUT2D eigenvalue weighted by molar-refractivity contribution is 14.1. The third-order valence-electron chi connectivity index (χ3n) is 1.70. The molecular formula is C10H8ClIN2O. The van der Waals surface area contributed by atoms with Crippen LogP contribution in [0.5, 0.6) is 0 Å². The van der Waals surface area contributed by atoms with Gasteiger partial charge in [-0.2, -0.15) is 5.26 Å². The van der Waals surface area contributed by atoms with Crippen molar-refractivity contribution in [2.45, 2.75) is 6.42 Å². The molecule has 0 heterocycles. The van der Waals surface area contributed by atoms with Crippen LogP contribution in [0.4, 0.5) is 0 Å². The first-order chi connectivity index (χ1) is 7.15. The summed E-state index contributed by atoms with van der Waals surface area (Å²) in [7, 11) is 0. The number of hydrogen-bond acceptors (Lipinski definition) is 2. The average molecular weight is 335 g/mol. The Morgan fingerprint density at radius 3 is 2.93 bits per heavy atom. The Kier molecular flexibility index (Phi) is 4.85. The number of hydrogen-bond donors (Lipinski definition) is 1. The molecule has 1 aromatic carbocycles. The van der Waals surface area contributed by atoms with Gasteiger partial charge in [0, 0.05) is 15.7 Å². The van der Waals surface area contributed by atoms with E-state index in [2.05, 4.69) is 27.9 Å². The van der Waals surface area contributed by atoms with Gasteiger partial charge in [0.25, 0.3) is 5.91 Å². The summed E-state index contributed by atoms with van der Waals surface area (Å²) in [5, 5.41) is 11.5. The van der Waals surface area contributed by atoms with E-state index in [9.17, 15) is 4.79 Å². The summed E-state index contributed by atoms with van der Waals surface area (Å²) < 4.78 is 0.905. The van der Waals surface area contributed by atoms with Crippen molar-refractivity contribution in [3.63, 3.8) is 0 Å². The van der Waals surface area contributed by atoms with Gasteiger partial charge >= 0.3 is 0 Å². The van der Waals surface area contributed by atoms with E-state index in [1.54, 1.807) is 18.2 Å². The predicted molar refractivity (Wildman–Crippen MR) is 66.7 cm³/mol. The second-order valence-electron chi connectivity index (χ2n) is 2.79. The molecule has 0 aliphatic carbocycles. The van der Waals surface area contributed by atoms with Crippen LogP contribution in [-0.2, 0) is 0 Å². The highest BCUT2D eigenvalue weighted by Crippen LogP contribution is 2.19. The van der Waals surface area contributed by atoms with E-state index in [-0.39, 0.29) is 5.91 Å². The lowest BCUT2D eigenvalue weighted by Gasteiger charge is -2.03. The summed E-state index contributed by atoms with van der Waals surface area (Å²) >= 11 is 7.97. The number of nitrogens with zero attached hydrogens (tertiary/aromatic N) is 1. The zero-order valence-corrected chi connectivity index (χ0v) is 10.7. The Balaban J connectivity index is 2.67. The molecule has 0 unspecified atom stereocenters. The smallest absolute Gasteiger partial charge is 0.251 e. The zero-order valence-electron chi connectivity index (χ0n) is 7.76. The first kappa shape index (κ1) is 12.3. The lowest BCUT2D eigenvalue weighted by Crippen LogP contribution is -2.24. The second kappa shape index (κ2) is 5.93. The van der Waals surface area contributed by atoms with Crippen LogP contribution in [0.15, 0.2) is 18.2 Å². The lowest BCUT2D eigenvalue weighted by molar-refractivity contribution is 0.0954. The molecule has 1 amide bonds. The molecule has 0 spiro atoms. The van der Waals surface area contributed by atoms with Crippen LogP contribution < -0.4 is 5.32 Å². The van der Waals surface area contributed by atoms with Crippen LogP contribution in [0.1, 0.15) is 16.8 Å². The molecule has 3 nitrogen and oxygen atoms in total. The van der Waals surface area contributed by atoms with Crippen LogP contribution in [-0.4, -0.2) is 12.5 Å². The van der Waals surface area contributed by atoms with E-state index >= 15 is 0 Å². The van der Waals surface area contributed by atoms with Crippen molar-refractivity contribution in [2.24, 2.45) is 0 Å². The second-order valence-corrected chi connectivity index (χ2v) is 4.36. The van der Waals surface area contributed by atoms with Gasteiger partial charge in [-0.15, -0.1) is 0 Å². The van der Waals surface area contributed by atoms with Crippen LogP contribution in [0.3, 0.4) is 0 Å². The summed E-state index contributed by atoms with van der Waals surface area (Å²) in [6, 6.07) is 7.05. The van der Waals surface area contributed by atoms with Crippen molar-refractivity contribution in [3.05, 3.63) is 32.4 Å². The van der Waals surface area contributed by atoms with Crippen LogP contribution in [0.25, 0.3) is 0 Å². The largest absolute Gasteiger partial charge is 0.351 e. The maximum absolute atomic E-state index is 11.5. The molecular weight excluding hydrogens is 326 g/mol. The molecule has 5 heteroatoms. The topological polar surface area (TPSA) is 52.9 Å². The fraction of sp³-hybridized carbons (Fsp3) is 0.200. The highest BCUT2D eigenvalue weighted by Gasteiger charge is 2.06. The Bertz CT molecular complexity index is 414. The predicted octanol–water partition coefficient (Wildman–Crippen LogP) is 2.59. The molecule has 0 bridgehead atoms. The molecule has 0 aliphatic rings. The van der Waals surface area contributed by atoms with Gasteiger partial charge in [-0.3, -0.25) is 4.79 Å². The summed E-state index contributed by atoms with van der Waals surface area (Å²) in [5.41, 5.74) is 0.512. The highest BCUT2D eigenvalue weighted by atomic mass is 127. The molecule has 78 valence electrons. The lowest BCUT2D eigenvalue weighted by atomic mass is 10.2. The molecule has 0 radical (unpaired) electrons. The van der Waals surface area contributed by atoms with Crippen molar-refractivity contribution in [1.29, 1.82) is 5.26 Å². The molecule has 0 fully saturated rings. The molecule has 0 aromatic heterocycles. The van der Waals surface area contributed by atoms with Gasteiger partial charge in [-0.25, -0.2) is 0 Å². The minimum Gasteiger partial charge on any atom is -0.351 e. The number of benzene rings is 1. The van der Waals surface area contributed by atoms with Gasteiger partial charge in [-0.05, 0) is 40.8 Å². The molecule has 1 N–H and O–H groups in total. The van der Waals surface area contributed by atoms with Gasteiger partial charge in [0.1, 0.15) is 0 Å². The van der Waals surface area contributed by atoms with E-state index in [4.69, 9.17) is 16.9 Å². The van der Waals surface area contributed by atoms with Gasteiger partial charge in [0.15, 0.2) is 0 Å². The van der Waals surface area contributed by atoms with Crippen LogP contribution in [0, 0.1) is 14.9 Å². The van der Waals surface area contributed by atoms with Crippen molar-refractivity contribution in [1.82, 2.24) is 5.32 Å². The molecule has 0 saturated heterocycles. The van der Waals surface area contributed by atoms with Gasteiger partial charge in [0.2, 0.25) is 0 Å². The van der Waals surface area contributed by atoms with Crippen molar-refractivity contribution >= 4 is 40.1 Å². The normalized spacial score (nSPS) is 9.40. The van der Waals surface area contributed by atoms with E-state index in [0.29, 0.717) is 23.6 Å². The first-order valence-corrected chi connectivity index (χ1v) is 5.71. The molecule has 0 saturated carbocycles. The van der Waals surface area contributed by atoms with E-state index in [1.807, 2.05) is 6.07 Å². The number of amides is 1. The number of carbonyl (C=O) groups is 1. The van der Waals surface area contributed by atoms with Crippen molar-refractivity contribution in [2.75, 3.05) is 6.54 Å². The maximum Gasteiger partial charge on any atom is 0.251 e. The van der Waals surface area contributed by atoms with Gasteiger partial charge < -0.3 is 5.32 Å². The monoisotopic (exact) mass is 334 g/mol. The number of carbonyl (C=O) groups excluding carboxylic acids is 1. The number of halogens is 2. The summed E-state index contributed by atoms with van der Waals surface area (Å²) in [4.78, 5) is 11.5. The molecule has 15 heavy (non-hydrogen) atoms. The number of nitrogens with one attached hydrogen (secondary N) is 1. The molecule has 1 aromatic rings. The van der Waals surface area contributed by atoms with Gasteiger partial charge in [0.05, 0.1) is 17.5 Å². The minimum absolute atomic E-state index is 0.205. The standard InChI is InChI=1S/C10H8ClIN2O/c11-8-6-7(2-3-9(8)12)10(15)14-5-1-4-13/h2-3,6H,1,5H2,(H,14,15). The van der Waals surface area contributed by atoms with E-state index in [1.165, 1.54) is 0 Å². The Labute approximate surface area is 107 Å². The summed E-state index contributed by atoms with van der Waals surface area (Å²) in [6.07, 6.45) is 0.309. The SMILES string of the molecule is N#CCCNC(=O)c1ccc(I)c(Cl)c1. The first-order valence-electron chi connectivity index (χ1n) is 4.25. The third-order valence-corrected chi connectivity index (χ3v) is 3.28. The van der Waals surface area contributed by atoms with Crippen molar-refractivity contribution in [3.8, 4) is 6.07 Å². The fourth-order valence-electron chi connectivity index (χ4n) is 0.971. The Morgan fingerprint density at radius 1 is 1.60 bits per heavy atom. The molecule has 1 rings (SSSR count). The van der Waals surface area contributed by atoms with Crippen molar-refractivity contribution < 1.29 is 4.79 Å². The maximum atomic E-state index is 11.5. The number of rotatable bonds is 3. The van der Waals surface area contributed by atoms with Crippen LogP contribution >= 0.6 is 34.2 Å². The number of nitriles is 1. The molecule has 0 aliphatic heterocycles. The summed E-state index contributed by atoms with van der Waals surface area (Å²) in [5.74, 6) is -0.205. The minimum atomic E-state index is -0.205. The quantitative estimate of drug-likeness (QED) is 0.682. The van der Waals surface area contributed by atoms with Crippen LogP contribution in [0.2, 0.25) is 5.02 Å². The third kappa shape index (κ3) is 3.68. The Morgan fingerprint density at radius 2 is 2.33 bits per heavy atom. The van der Waals surface area contributed by atoms with Gasteiger partial charge in [-0.1, -0.05) is 11.6 Å². The fourth-order valence-corrected chi connectivity index (χ4v) is 1.49. The zero-order chi connectivity index (χ0) is 11.3. The van der Waals surface area contributed by atoms with E-state index in [0.717, 1.165) is 3.57 Å². The molecule has 0 atom stereocenters. The summed E-state index contributed by atoms with van der Waals surface area (Å²) in [6.45, 7) is 0.360. The Hall–Kier alpha value is -0.800.